The first-order valence-electron chi connectivity index (χ1n) is 6.49. The molecule has 0 radical (unpaired) electrons. The molecule has 0 aromatic heterocycles. The van der Waals surface area contributed by atoms with E-state index in [4.69, 9.17) is 5.11 Å². The molecule has 1 aromatic carbocycles. The van der Waals surface area contributed by atoms with Crippen LogP contribution >= 0.6 is 0 Å². The van der Waals surface area contributed by atoms with Crippen LogP contribution in [0.1, 0.15) is 25.3 Å². The van der Waals surface area contributed by atoms with Gasteiger partial charge in [0.15, 0.2) is 0 Å². The third kappa shape index (κ3) is 3.24. The predicted molar refractivity (Wildman–Crippen MR) is 73.3 cm³/mol. The van der Waals surface area contributed by atoms with Crippen LogP contribution in [-0.4, -0.2) is 23.5 Å². The lowest BCUT2D eigenvalue weighted by molar-refractivity contribution is -0.141. The van der Waals surface area contributed by atoms with Gasteiger partial charge in [0.1, 0.15) is 0 Å². The average molecular weight is 262 g/mol. The van der Waals surface area contributed by atoms with Crippen LogP contribution < -0.4 is 10.6 Å². The highest BCUT2D eigenvalue weighted by Crippen LogP contribution is 2.25. The molecule has 5 heteroatoms. The van der Waals surface area contributed by atoms with Crippen molar-refractivity contribution in [2.75, 3.05) is 17.2 Å². The second-order valence-electron chi connectivity index (χ2n) is 4.74. The Balaban J connectivity index is 2.02. The Hall–Kier alpha value is -2.04. The number of amides is 1. The zero-order chi connectivity index (χ0) is 13.8. The molecule has 0 aliphatic carbocycles. The zero-order valence-corrected chi connectivity index (χ0v) is 10.9. The largest absolute Gasteiger partial charge is 0.481 e. The minimum Gasteiger partial charge on any atom is -0.481 e. The van der Waals surface area contributed by atoms with Crippen molar-refractivity contribution in [3.63, 3.8) is 0 Å². The summed E-state index contributed by atoms with van der Waals surface area (Å²) >= 11 is 0. The molecule has 102 valence electrons. The quantitative estimate of drug-likeness (QED) is 0.759. The van der Waals surface area contributed by atoms with Gasteiger partial charge in [-0.05, 0) is 36.6 Å². The summed E-state index contributed by atoms with van der Waals surface area (Å²) in [6.45, 7) is 2.28. The normalized spacial score (nSPS) is 15.3. The van der Waals surface area contributed by atoms with Crippen LogP contribution in [0.25, 0.3) is 0 Å². The number of hydrogen-bond donors (Lipinski definition) is 3. The summed E-state index contributed by atoms with van der Waals surface area (Å²) in [5.74, 6) is -1.11. The van der Waals surface area contributed by atoms with Gasteiger partial charge in [0, 0.05) is 24.3 Å². The van der Waals surface area contributed by atoms with Crippen molar-refractivity contribution in [3.05, 3.63) is 23.8 Å². The van der Waals surface area contributed by atoms with Crippen LogP contribution in [0.15, 0.2) is 18.2 Å². The highest BCUT2D eigenvalue weighted by atomic mass is 16.4. The topological polar surface area (TPSA) is 78.4 Å². The van der Waals surface area contributed by atoms with Gasteiger partial charge in [-0.25, -0.2) is 0 Å². The maximum atomic E-state index is 11.2. The van der Waals surface area contributed by atoms with Crippen molar-refractivity contribution in [2.24, 2.45) is 5.92 Å². The summed E-state index contributed by atoms with van der Waals surface area (Å²) in [6, 6.07) is 5.69. The fourth-order valence-corrected chi connectivity index (χ4v) is 2.14. The molecule has 0 saturated heterocycles. The lowest BCUT2D eigenvalue weighted by Crippen LogP contribution is -2.22. The molecule has 19 heavy (non-hydrogen) atoms. The van der Waals surface area contributed by atoms with Crippen molar-refractivity contribution < 1.29 is 14.7 Å². The number of carbonyl (C=O) groups excluding carboxylic acids is 1. The fourth-order valence-electron chi connectivity index (χ4n) is 2.14. The summed E-state index contributed by atoms with van der Waals surface area (Å²) in [7, 11) is 0. The summed E-state index contributed by atoms with van der Waals surface area (Å²) in [4.78, 5) is 22.2. The van der Waals surface area contributed by atoms with E-state index in [9.17, 15) is 9.59 Å². The number of carboxylic acids is 1. The minimum absolute atomic E-state index is 0.0464. The molecule has 1 aliphatic heterocycles. The van der Waals surface area contributed by atoms with Gasteiger partial charge in [-0.15, -0.1) is 0 Å². The Kier molecular flexibility index (Phi) is 4.04. The first kappa shape index (κ1) is 13.4. The van der Waals surface area contributed by atoms with Gasteiger partial charge in [0.2, 0.25) is 5.91 Å². The van der Waals surface area contributed by atoms with Gasteiger partial charge >= 0.3 is 5.97 Å². The number of aliphatic carboxylic acids is 1. The van der Waals surface area contributed by atoms with Crippen LogP contribution in [0.5, 0.6) is 0 Å². The lowest BCUT2D eigenvalue weighted by atomic mass is 10.0. The Bertz CT molecular complexity index is 499. The second-order valence-corrected chi connectivity index (χ2v) is 4.74. The molecule has 1 heterocycles. The maximum absolute atomic E-state index is 11.2. The number of anilines is 2. The van der Waals surface area contributed by atoms with Crippen molar-refractivity contribution in [2.45, 2.75) is 26.2 Å². The summed E-state index contributed by atoms with van der Waals surface area (Å²) in [5, 5.41) is 15.0. The Morgan fingerprint density at radius 3 is 2.95 bits per heavy atom. The molecular weight excluding hydrogens is 244 g/mol. The lowest BCUT2D eigenvalue weighted by Gasteiger charge is -2.18. The van der Waals surface area contributed by atoms with Gasteiger partial charge in [-0.1, -0.05) is 6.92 Å². The minimum atomic E-state index is -0.778. The van der Waals surface area contributed by atoms with Crippen molar-refractivity contribution >= 4 is 23.3 Å². The third-order valence-electron chi connectivity index (χ3n) is 3.40. The average Bonchev–Trinajstić information content (AvgIpc) is 2.39. The van der Waals surface area contributed by atoms with Crippen molar-refractivity contribution in [1.82, 2.24) is 0 Å². The van der Waals surface area contributed by atoms with E-state index in [-0.39, 0.29) is 11.8 Å². The van der Waals surface area contributed by atoms with Gasteiger partial charge < -0.3 is 15.7 Å². The van der Waals surface area contributed by atoms with E-state index in [1.165, 1.54) is 0 Å². The summed E-state index contributed by atoms with van der Waals surface area (Å²) < 4.78 is 0. The van der Waals surface area contributed by atoms with Crippen LogP contribution in [0.2, 0.25) is 0 Å². The number of hydrogen-bond acceptors (Lipinski definition) is 3. The van der Waals surface area contributed by atoms with E-state index in [2.05, 4.69) is 10.6 Å². The number of fused-ring (bicyclic) bond motifs is 1. The molecule has 0 fully saturated rings. The van der Waals surface area contributed by atoms with E-state index >= 15 is 0 Å². The first-order valence-corrected chi connectivity index (χ1v) is 6.49. The van der Waals surface area contributed by atoms with Gasteiger partial charge in [0.05, 0.1) is 5.92 Å². The van der Waals surface area contributed by atoms with E-state index in [0.29, 0.717) is 19.4 Å². The smallest absolute Gasteiger partial charge is 0.308 e. The molecule has 0 bridgehead atoms. The van der Waals surface area contributed by atoms with Gasteiger partial charge in [-0.3, -0.25) is 9.59 Å². The molecule has 0 spiro atoms. The molecule has 1 aromatic rings. The fraction of sp³-hybridized carbons (Fsp3) is 0.429. The molecule has 1 atom stereocenters. The number of carbonyl (C=O) groups is 2. The van der Waals surface area contributed by atoms with Crippen molar-refractivity contribution in [1.29, 1.82) is 0 Å². The van der Waals surface area contributed by atoms with Crippen molar-refractivity contribution in [3.8, 4) is 0 Å². The van der Waals surface area contributed by atoms with Gasteiger partial charge in [0.25, 0.3) is 0 Å². The maximum Gasteiger partial charge on any atom is 0.308 e. The first-order chi connectivity index (χ1) is 9.10. The summed E-state index contributed by atoms with van der Waals surface area (Å²) in [5.41, 5.74) is 2.84. The molecule has 1 amide bonds. The third-order valence-corrected chi connectivity index (χ3v) is 3.40. The molecule has 5 nitrogen and oxygen atoms in total. The second kappa shape index (κ2) is 5.73. The monoisotopic (exact) mass is 262 g/mol. The highest BCUT2D eigenvalue weighted by molar-refractivity contribution is 5.94. The van der Waals surface area contributed by atoms with E-state index < -0.39 is 5.97 Å². The van der Waals surface area contributed by atoms with Crippen LogP contribution in [0, 0.1) is 5.92 Å². The number of aryl methyl sites for hydroxylation is 1. The molecule has 0 saturated carbocycles. The predicted octanol–water partition coefficient (Wildman–Crippen LogP) is 2.09. The Labute approximate surface area is 112 Å². The number of benzene rings is 1. The molecule has 1 unspecified atom stereocenters. The molecule has 2 rings (SSSR count). The highest BCUT2D eigenvalue weighted by Gasteiger charge is 2.16. The Morgan fingerprint density at radius 1 is 1.47 bits per heavy atom. The Morgan fingerprint density at radius 2 is 2.26 bits per heavy atom. The van der Waals surface area contributed by atoms with Crippen LogP contribution in [-0.2, 0) is 16.0 Å². The van der Waals surface area contributed by atoms with E-state index in [0.717, 1.165) is 23.4 Å². The van der Waals surface area contributed by atoms with E-state index in [1.807, 2.05) is 25.1 Å². The van der Waals surface area contributed by atoms with E-state index in [1.54, 1.807) is 0 Å². The molecule has 1 aliphatic rings. The standard InChI is InChI=1S/C14H18N2O3/c1-2-9(14(18)19)8-15-11-4-5-12-10(7-11)3-6-13(17)16-12/h4-5,7,9,15H,2-3,6,8H2,1H3,(H,16,17)(H,18,19). The zero-order valence-electron chi connectivity index (χ0n) is 10.9. The van der Waals surface area contributed by atoms with Gasteiger partial charge in [-0.2, -0.15) is 0 Å². The number of carboxylic acid groups (broad SMARTS) is 1. The summed E-state index contributed by atoms with van der Waals surface area (Å²) in [6.07, 6.45) is 1.83. The number of rotatable bonds is 5. The molecule has 3 N–H and O–H groups in total. The van der Waals surface area contributed by atoms with Crippen LogP contribution in [0.4, 0.5) is 11.4 Å². The van der Waals surface area contributed by atoms with Crippen LogP contribution in [0.3, 0.4) is 0 Å². The number of nitrogens with one attached hydrogen (secondary N) is 2. The molecular formula is C14H18N2O3. The SMILES string of the molecule is CCC(CNc1ccc2c(c1)CCC(=O)N2)C(=O)O.